The highest BCUT2D eigenvalue weighted by molar-refractivity contribution is 5.67. The van der Waals surface area contributed by atoms with Gasteiger partial charge in [-0.05, 0) is 45.4 Å². The Kier molecular flexibility index (Phi) is 5.49. The minimum Gasteiger partial charge on any atom is -0.494 e. The monoisotopic (exact) mass is 250 g/mol. The van der Waals surface area contributed by atoms with Gasteiger partial charge in [0, 0.05) is 6.54 Å². The average Bonchev–Trinajstić information content (AvgIpc) is 2.27. The van der Waals surface area contributed by atoms with Crippen molar-refractivity contribution in [2.24, 2.45) is 0 Å². The molecule has 0 aliphatic rings. The number of carbonyl (C=O) groups is 1. The van der Waals surface area contributed by atoms with Crippen molar-refractivity contribution >= 4 is 6.09 Å². The van der Waals surface area contributed by atoms with E-state index in [1.807, 2.05) is 32.9 Å². The van der Waals surface area contributed by atoms with Crippen LogP contribution in [0.4, 0.5) is 4.79 Å². The molecule has 0 spiro atoms. The van der Waals surface area contributed by atoms with Crippen LogP contribution >= 0.6 is 0 Å². The summed E-state index contributed by atoms with van der Waals surface area (Å²) in [6.45, 7) is 6.60. The van der Waals surface area contributed by atoms with Gasteiger partial charge in [-0.3, -0.25) is 0 Å². The molecule has 0 bridgehead atoms. The van der Waals surface area contributed by atoms with Gasteiger partial charge in [0.05, 0.1) is 6.61 Å². The number of nitrogens with one attached hydrogen (secondary N) is 1. The third kappa shape index (κ3) is 6.78. The maximum atomic E-state index is 11.3. The van der Waals surface area contributed by atoms with E-state index in [2.05, 4.69) is 11.4 Å². The summed E-state index contributed by atoms with van der Waals surface area (Å²) in [4.78, 5) is 11.3. The summed E-state index contributed by atoms with van der Waals surface area (Å²) in [5.41, 5.74) is -0.457. The standard InChI is InChI=1S/C14H20NO3/c1-14(2,3)18-13(16)15-10-7-11-17-12-8-5-4-6-9-12/h5-6,8-9H,7,10-11H2,1-3H3,(H,15,16). The first-order valence-corrected chi connectivity index (χ1v) is 6.03. The first kappa shape index (κ1) is 14.4. The number of carbonyl (C=O) groups excluding carboxylic acids is 1. The van der Waals surface area contributed by atoms with Gasteiger partial charge >= 0.3 is 6.09 Å². The lowest BCUT2D eigenvalue weighted by atomic mass is 10.2. The zero-order chi connectivity index (χ0) is 13.4. The number of hydrogen-bond donors (Lipinski definition) is 1. The van der Waals surface area contributed by atoms with Crippen LogP contribution in [-0.2, 0) is 4.74 Å². The molecule has 0 saturated heterocycles. The second-order valence-electron chi connectivity index (χ2n) is 4.87. The zero-order valence-electron chi connectivity index (χ0n) is 11.2. The van der Waals surface area contributed by atoms with Crippen LogP contribution in [0.1, 0.15) is 27.2 Å². The Morgan fingerprint density at radius 3 is 2.61 bits per heavy atom. The third-order valence-corrected chi connectivity index (χ3v) is 1.95. The predicted molar refractivity (Wildman–Crippen MR) is 69.6 cm³/mol. The van der Waals surface area contributed by atoms with Gasteiger partial charge in [0.15, 0.2) is 0 Å². The molecule has 0 atom stereocenters. The molecule has 99 valence electrons. The SMILES string of the molecule is CC(C)(C)OC(=O)NCCCOc1cc[c]cc1. The van der Waals surface area contributed by atoms with E-state index in [1.165, 1.54) is 0 Å². The van der Waals surface area contributed by atoms with Crippen LogP contribution < -0.4 is 10.1 Å². The Morgan fingerprint density at radius 2 is 2.00 bits per heavy atom. The van der Waals surface area contributed by atoms with Crippen molar-refractivity contribution < 1.29 is 14.3 Å². The Labute approximate surface area is 108 Å². The number of benzene rings is 1. The van der Waals surface area contributed by atoms with Gasteiger partial charge in [0.2, 0.25) is 0 Å². The van der Waals surface area contributed by atoms with Gasteiger partial charge in [-0.2, -0.15) is 0 Å². The maximum absolute atomic E-state index is 11.3. The van der Waals surface area contributed by atoms with Gasteiger partial charge < -0.3 is 14.8 Å². The largest absolute Gasteiger partial charge is 0.494 e. The van der Waals surface area contributed by atoms with E-state index < -0.39 is 11.7 Å². The summed E-state index contributed by atoms with van der Waals surface area (Å²) >= 11 is 0. The summed E-state index contributed by atoms with van der Waals surface area (Å²) in [7, 11) is 0. The Morgan fingerprint density at radius 1 is 1.33 bits per heavy atom. The molecule has 1 aromatic rings. The number of amides is 1. The summed E-state index contributed by atoms with van der Waals surface area (Å²) in [5.74, 6) is 0.811. The quantitative estimate of drug-likeness (QED) is 0.817. The first-order valence-electron chi connectivity index (χ1n) is 6.03. The van der Waals surface area contributed by atoms with E-state index in [9.17, 15) is 4.79 Å². The van der Waals surface area contributed by atoms with Crippen molar-refractivity contribution in [1.29, 1.82) is 0 Å². The molecule has 0 aliphatic heterocycles. The molecule has 1 radical (unpaired) electrons. The van der Waals surface area contributed by atoms with Crippen molar-refractivity contribution in [3.8, 4) is 5.75 Å². The van der Waals surface area contributed by atoms with E-state index in [1.54, 1.807) is 12.1 Å². The summed E-state index contributed by atoms with van der Waals surface area (Å²) in [6, 6.07) is 10.2. The van der Waals surface area contributed by atoms with Crippen molar-refractivity contribution in [2.75, 3.05) is 13.2 Å². The van der Waals surface area contributed by atoms with Gasteiger partial charge in [-0.15, -0.1) is 0 Å². The molecule has 0 aromatic heterocycles. The minimum absolute atomic E-state index is 0.392. The van der Waals surface area contributed by atoms with Gasteiger partial charge in [-0.25, -0.2) is 4.79 Å². The van der Waals surface area contributed by atoms with Crippen LogP contribution in [0.15, 0.2) is 24.3 Å². The normalized spacial score (nSPS) is 10.8. The molecule has 4 heteroatoms. The molecule has 0 unspecified atom stereocenters. The molecule has 0 saturated carbocycles. The number of hydrogen-bond acceptors (Lipinski definition) is 3. The average molecular weight is 250 g/mol. The van der Waals surface area contributed by atoms with Crippen molar-refractivity contribution in [3.63, 3.8) is 0 Å². The van der Waals surface area contributed by atoms with Crippen LogP contribution in [0.5, 0.6) is 5.75 Å². The molecular formula is C14H20NO3. The van der Waals surface area contributed by atoms with Crippen LogP contribution in [0, 0.1) is 6.07 Å². The summed E-state index contributed by atoms with van der Waals surface area (Å²) in [5, 5.41) is 2.68. The van der Waals surface area contributed by atoms with E-state index in [-0.39, 0.29) is 0 Å². The molecule has 4 nitrogen and oxygen atoms in total. The van der Waals surface area contributed by atoms with Gasteiger partial charge in [0.25, 0.3) is 0 Å². The van der Waals surface area contributed by atoms with Crippen molar-refractivity contribution in [3.05, 3.63) is 30.3 Å². The first-order chi connectivity index (χ1) is 8.47. The maximum Gasteiger partial charge on any atom is 0.407 e. The Balaban J connectivity index is 2.07. The third-order valence-electron chi connectivity index (χ3n) is 1.95. The van der Waals surface area contributed by atoms with Crippen LogP contribution in [0.3, 0.4) is 0 Å². The van der Waals surface area contributed by atoms with Crippen LogP contribution in [0.25, 0.3) is 0 Å². The number of ether oxygens (including phenoxy) is 2. The van der Waals surface area contributed by atoms with E-state index in [4.69, 9.17) is 9.47 Å². The van der Waals surface area contributed by atoms with E-state index in [0.29, 0.717) is 13.2 Å². The van der Waals surface area contributed by atoms with Crippen molar-refractivity contribution in [1.82, 2.24) is 5.32 Å². The van der Waals surface area contributed by atoms with Gasteiger partial charge in [-0.1, -0.05) is 12.1 Å². The molecule has 1 N–H and O–H groups in total. The number of rotatable bonds is 5. The predicted octanol–water partition coefficient (Wildman–Crippen LogP) is 2.78. The highest BCUT2D eigenvalue weighted by atomic mass is 16.6. The molecule has 0 heterocycles. The minimum atomic E-state index is -0.457. The fourth-order valence-corrected chi connectivity index (χ4v) is 1.23. The lowest BCUT2D eigenvalue weighted by molar-refractivity contribution is 0.0525. The lowest BCUT2D eigenvalue weighted by Crippen LogP contribution is -2.33. The van der Waals surface area contributed by atoms with Crippen LogP contribution in [-0.4, -0.2) is 24.8 Å². The second kappa shape index (κ2) is 6.89. The van der Waals surface area contributed by atoms with Crippen molar-refractivity contribution in [2.45, 2.75) is 32.8 Å². The molecule has 1 rings (SSSR count). The van der Waals surface area contributed by atoms with Gasteiger partial charge in [0.1, 0.15) is 11.4 Å². The highest BCUT2D eigenvalue weighted by Crippen LogP contribution is 2.08. The molecule has 1 amide bonds. The highest BCUT2D eigenvalue weighted by Gasteiger charge is 2.15. The Bertz CT molecular complexity index is 357. The molecule has 0 fully saturated rings. The fraction of sp³-hybridized carbons (Fsp3) is 0.500. The smallest absolute Gasteiger partial charge is 0.407 e. The van der Waals surface area contributed by atoms with E-state index >= 15 is 0 Å². The lowest BCUT2D eigenvalue weighted by Gasteiger charge is -2.19. The zero-order valence-corrected chi connectivity index (χ0v) is 11.2. The van der Waals surface area contributed by atoms with E-state index in [0.717, 1.165) is 12.2 Å². The molecule has 18 heavy (non-hydrogen) atoms. The number of alkyl carbamates (subject to hydrolysis) is 1. The van der Waals surface area contributed by atoms with Crippen LogP contribution in [0.2, 0.25) is 0 Å². The topological polar surface area (TPSA) is 47.6 Å². The fourth-order valence-electron chi connectivity index (χ4n) is 1.23. The second-order valence-corrected chi connectivity index (χ2v) is 4.87. The Hall–Kier alpha value is -1.71. The molecule has 1 aromatic carbocycles. The summed E-state index contributed by atoms with van der Waals surface area (Å²) < 4.78 is 10.6. The summed E-state index contributed by atoms with van der Waals surface area (Å²) in [6.07, 6.45) is 0.342. The molecular weight excluding hydrogens is 230 g/mol. The molecule has 0 aliphatic carbocycles.